The summed E-state index contributed by atoms with van der Waals surface area (Å²) in [6.45, 7) is 0.279. The first-order chi connectivity index (χ1) is 8.16. The number of rotatable bonds is 4. The average Bonchev–Trinajstić information content (AvgIpc) is 2.78. The minimum atomic E-state index is -0.583. The summed E-state index contributed by atoms with van der Waals surface area (Å²) < 4.78 is 5.08. The Morgan fingerprint density at radius 1 is 1.59 bits per heavy atom. The van der Waals surface area contributed by atoms with Crippen LogP contribution in [0.5, 0.6) is 0 Å². The molecule has 17 heavy (non-hydrogen) atoms. The fourth-order valence-corrected chi connectivity index (χ4v) is 1.33. The first-order valence-corrected chi connectivity index (χ1v) is 4.98. The van der Waals surface area contributed by atoms with Crippen LogP contribution >= 0.6 is 11.6 Å². The van der Waals surface area contributed by atoms with E-state index in [-0.39, 0.29) is 23.3 Å². The molecule has 0 fully saturated rings. The predicted molar refractivity (Wildman–Crippen MR) is 59.7 cm³/mol. The van der Waals surface area contributed by atoms with Gasteiger partial charge in [0.05, 0.1) is 17.7 Å². The zero-order chi connectivity index (χ0) is 12.3. The highest BCUT2D eigenvalue weighted by Crippen LogP contribution is 2.22. The van der Waals surface area contributed by atoms with Crippen LogP contribution in [-0.2, 0) is 6.54 Å². The van der Waals surface area contributed by atoms with Crippen molar-refractivity contribution in [1.29, 1.82) is 0 Å². The number of nitrogens with one attached hydrogen (secondary N) is 1. The number of anilines is 1. The maximum Gasteiger partial charge on any atom is 0.329 e. The van der Waals surface area contributed by atoms with Gasteiger partial charge in [0, 0.05) is 0 Å². The standard InChI is InChI=1S/C9H7ClN4O3/c10-9-12-5-7(14(15)16)8(13-9)11-4-6-2-1-3-17-6/h1-3,5H,4H2,(H,11,12,13). The third-order valence-corrected chi connectivity index (χ3v) is 2.13. The topological polar surface area (TPSA) is 94.1 Å². The summed E-state index contributed by atoms with van der Waals surface area (Å²) in [5.74, 6) is 0.695. The number of hydrogen-bond donors (Lipinski definition) is 1. The van der Waals surface area contributed by atoms with Gasteiger partial charge in [-0.25, -0.2) is 4.98 Å². The SMILES string of the molecule is O=[N+]([O-])c1cnc(Cl)nc1NCc1ccco1. The summed E-state index contributed by atoms with van der Waals surface area (Å²) >= 11 is 5.57. The summed E-state index contributed by atoms with van der Waals surface area (Å²) in [6.07, 6.45) is 2.57. The molecule has 0 bridgehead atoms. The van der Waals surface area contributed by atoms with Gasteiger partial charge in [-0.3, -0.25) is 10.1 Å². The molecule has 0 atom stereocenters. The molecular formula is C9H7ClN4O3. The van der Waals surface area contributed by atoms with E-state index >= 15 is 0 Å². The van der Waals surface area contributed by atoms with E-state index in [2.05, 4.69) is 15.3 Å². The van der Waals surface area contributed by atoms with Crippen LogP contribution in [0.2, 0.25) is 5.28 Å². The maximum atomic E-state index is 10.7. The lowest BCUT2D eigenvalue weighted by Crippen LogP contribution is -2.05. The van der Waals surface area contributed by atoms with Crippen molar-refractivity contribution in [1.82, 2.24) is 9.97 Å². The lowest BCUT2D eigenvalue weighted by Gasteiger charge is -2.03. The summed E-state index contributed by atoms with van der Waals surface area (Å²) in [7, 11) is 0. The van der Waals surface area contributed by atoms with Gasteiger partial charge in [0.25, 0.3) is 0 Å². The summed E-state index contributed by atoms with van der Waals surface area (Å²) in [5, 5.41) is 13.4. The molecule has 0 saturated carbocycles. The lowest BCUT2D eigenvalue weighted by atomic mass is 10.4. The van der Waals surface area contributed by atoms with Crippen LogP contribution in [0.25, 0.3) is 0 Å². The van der Waals surface area contributed by atoms with Crippen LogP contribution in [0.1, 0.15) is 5.76 Å². The van der Waals surface area contributed by atoms with Gasteiger partial charge in [-0.2, -0.15) is 4.98 Å². The molecular weight excluding hydrogens is 248 g/mol. The molecule has 0 spiro atoms. The van der Waals surface area contributed by atoms with Gasteiger partial charge in [0.1, 0.15) is 12.0 Å². The first kappa shape index (κ1) is 11.3. The van der Waals surface area contributed by atoms with Crippen LogP contribution < -0.4 is 5.32 Å². The maximum absolute atomic E-state index is 10.7. The van der Waals surface area contributed by atoms with Gasteiger partial charge in [0.2, 0.25) is 11.1 Å². The molecule has 88 valence electrons. The quantitative estimate of drug-likeness (QED) is 0.511. The predicted octanol–water partition coefficient (Wildman–Crippen LogP) is 2.24. The van der Waals surface area contributed by atoms with E-state index < -0.39 is 4.92 Å². The van der Waals surface area contributed by atoms with Crippen molar-refractivity contribution in [3.05, 3.63) is 45.8 Å². The smallest absolute Gasteiger partial charge is 0.329 e. The molecule has 0 aliphatic rings. The molecule has 0 unspecified atom stereocenters. The molecule has 0 aliphatic heterocycles. The molecule has 0 aromatic carbocycles. The number of hydrogen-bond acceptors (Lipinski definition) is 6. The van der Waals surface area contributed by atoms with Gasteiger partial charge in [-0.1, -0.05) is 0 Å². The molecule has 2 aromatic heterocycles. The number of nitrogens with zero attached hydrogens (tertiary/aromatic N) is 3. The Bertz CT molecular complexity index is 529. The molecule has 2 heterocycles. The summed E-state index contributed by atoms with van der Waals surface area (Å²) in [4.78, 5) is 17.4. The van der Waals surface area contributed by atoms with Crippen molar-refractivity contribution >= 4 is 23.1 Å². The van der Waals surface area contributed by atoms with E-state index in [1.54, 1.807) is 12.1 Å². The van der Waals surface area contributed by atoms with E-state index in [1.807, 2.05) is 0 Å². The van der Waals surface area contributed by atoms with Gasteiger partial charge in [0.15, 0.2) is 0 Å². The Kier molecular flexibility index (Phi) is 3.20. The number of aromatic nitrogens is 2. The van der Waals surface area contributed by atoms with Crippen molar-refractivity contribution < 1.29 is 9.34 Å². The summed E-state index contributed by atoms with van der Waals surface area (Å²) in [6, 6.07) is 3.46. The van der Waals surface area contributed by atoms with E-state index in [0.29, 0.717) is 5.76 Å². The lowest BCUT2D eigenvalue weighted by molar-refractivity contribution is -0.384. The van der Waals surface area contributed by atoms with Crippen LogP contribution in [-0.4, -0.2) is 14.9 Å². The first-order valence-electron chi connectivity index (χ1n) is 4.60. The highest BCUT2D eigenvalue weighted by Gasteiger charge is 2.16. The highest BCUT2D eigenvalue weighted by molar-refractivity contribution is 6.28. The molecule has 8 heteroatoms. The van der Waals surface area contributed by atoms with Crippen LogP contribution in [0.4, 0.5) is 11.5 Å². The molecule has 1 N–H and O–H groups in total. The second-order valence-electron chi connectivity index (χ2n) is 3.06. The molecule has 2 aromatic rings. The molecule has 0 aliphatic carbocycles. The van der Waals surface area contributed by atoms with Gasteiger partial charge < -0.3 is 9.73 Å². The van der Waals surface area contributed by atoms with Crippen molar-refractivity contribution in [2.24, 2.45) is 0 Å². The van der Waals surface area contributed by atoms with Crippen LogP contribution in [0.15, 0.2) is 29.0 Å². The normalized spacial score (nSPS) is 10.2. The Morgan fingerprint density at radius 2 is 2.41 bits per heavy atom. The van der Waals surface area contributed by atoms with Crippen LogP contribution in [0.3, 0.4) is 0 Å². The van der Waals surface area contributed by atoms with E-state index in [0.717, 1.165) is 6.20 Å². The van der Waals surface area contributed by atoms with E-state index in [4.69, 9.17) is 16.0 Å². The Balaban J connectivity index is 2.19. The number of nitro groups is 1. The number of furan rings is 1. The van der Waals surface area contributed by atoms with Gasteiger partial charge in [-0.05, 0) is 23.7 Å². The zero-order valence-corrected chi connectivity index (χ0v) is 9.22. The minimum absolute atomic E-state index is 0.0578. The second kappa shape index (κ2) is 4.79. The third kappa shape index (κ3) is 2.70. The third-order valence-electron chi connectivity index (χ3n) is 1.95. The monoisotopic (exact) mass is 254 g/mol. The molecule has 0 amide bonds. The van der Waals surface area contributed by atoms with Gasteiger partial charge >= 0.3 is 5.69 Å². The highest BCUT2D eigenvalue weighted by atomic mass is 35.5. The average molecular weight is 255 g/mol. The van der Waals surface area contributed by atoms with Crippen molar-refractivity contribution in [2.75, 3.05) is 5.32 Å². The van der Waals surface area contributed by atoms with Gasteiger partial charge in [-0.15, -0.1) is 0 Å². The zero-order valence-electron chi connectivity index (χ0n) is 8.46. The summed E-state index contributed by atoms with van der Waals surface area (Å²) in [5.41, 5.74) is -0.235. The second-order valence-corrected chi connectivity index (χ2v) is 3.40. The molecule has 0 radical (unpaired) electrons. The molecule has 7 nitrogen and oxygen atoms in total. The molecule has 0 saturated heterocycles. The Morgan fingerprint density at radius 3 is 3.06 bits per heavy atom. The van der Waals surface area contributed by atoms with Crippen molar-refractivity contribution in [3.63, 3.8) is 0 Å². The fourth-order valence-electron chi connectivity index (χ4n) is 1.20. The van der Waals surface area contributed by atoms with E-state index in [9.17, 15) is 10.1 Å². The van der Waals surface area contributed by atoms with Crippen molar-refractivity contribution in [3.8, 4) is 0 Å². The van der Waals surface area contributed by atoms with Crippen molar-refractivity contribution in [2.45, 2.75) is 6.54 Å². The Labute approximate surface area is 101 Å². The fraction of sp³-hybridized carbons (Fsp3) is 0.111. The Hall–Kier alpha value is -2.15. The largest absolute Gasteiger partial charge is 0.467 e. The van der Waals surface area contributed by atoms with E-state index in [1.165, 1.54) is 6.26 Å². The minimum Gasteiger partial charge on any atom is -0.467 e. The molecule has 2 rings (SSSR count). The van der Waals surface area contributed by atoms with Crippen LogP contribution in [0, 0.1) is 10.1 Å². The number of halogens is 1.